The van der Waals surface area contributed by atoms with Gasteiger partial charge in [0.2, 0.25) is 0 Å². The molecule has 0 radical (unpaired) electrons. The minimum atomic E-state index is -0.115. The highest BCUT2D eigenvalue weighted by Crippen LogP contribution is 2.42. The van der Waals surface area contributed by atoms with E-state index in [2.05, 4.69) is 189 Å². The van der Waals surface area contributed by atoms with Crippen molar-refractivity contribution < 1.29 is 0 Å². The third-order valence-electron chi connectivity index (χ3n) is 11.2. The first kappa shape index (κ1) is 33.1. The molecule has 5 nitrogen and oxygen atoms in total. The summed E-state index contributed by atoms with van der Waals surface area (Å²) < 4.78 is 4.69. The van der Waals surface area contributed by atoms with Gasteiger partial charge in [-0.05, 0) is 88.2 Å². The molecule has 5 heteroatoms. The Hall–Kier alpha value is -6.46. The van der Waals surface area contributed by atoms with Crippen LogP contribution < -0.4 is 0 Å². The Bertz CT molecular complexity index is 3110. The average molecular weight is 714 g/mol. The highest BCUT2D eigenvalue weighted by atomic mass is 15.1. The predicted octanol–water partition coefficient (Wildman–Crippen LogP) is 13.1. The molecule has 0 fully saturated rings. The van der Waals surface area contributed by atoms with Gasteiger partial charge in [-0.15, -0.1) is 0 Å². The molecule has 0 saturated carbocycles. The maximum absolute atomic E-state index is 5.70. The molecule has 6 aromatic carbocycles. The molecule has 10 aromatic rings. The normalized spacial score (nSPS) is 12.5. The summed E-state index contributed by atoms with van der Waals surface area (Å²) in [5.41, 5.74) is 13.3. The minimum absolute atomic E-state index is 0.0209. The Kier molecular flexibility index (Phi) is 7.24. The van der Waals surface area contributed by atoms with Gasteiger partial charge < -0.3 is 4.98 Å². The monoisotopic (exact) mass is 713 g/mol. The number of aromatic amines is 1. The number of nitrogens with one attached hydrogen (secondary N) is 1. The number of hydrogen-bond acceptors (Lipinski definition) is 2. The van der Waals surface area contributed by atoms with E-state index < -0.39 is 0 Å². The smallest absolute Gasteiger partial charge is 0.147 e. The van der Waals surface area contributed by atoms with Crippen molar-refractivity contribution in [1.82, 2.24) is 24.1 Å². The molecular formula is C50H43N5. The number of para-hydroxylation sites is 3. The lowest BCUT2D eigenvalue weighted by Gasteiger charge is -2.22. The summed E-state index contributed by atoms with van der Waals surface area (Å²) in [6, 6.07) is 50.5. The third-order valence-corrected chi connectivity index (χ3v) is 11.2. The Morgan fingerprint density at radius 3 is 2.04 bits per heavy atom. The molecule has 10 rings (SSSR count). The summed E-state index contributed by atoms with van der Waals surface area (Å²) in [6.07, 6.45) is 1.87. The second kappa shape index (κ2) is 12.0. The Morgan fingerprint density at radius 1 is 0.509 bits per heavy atom. The van der Waals surface area contributed by atoms with E-state index in [9.17, 15) is 0 Å². The second-order valence-corrected chi connectivity index (χ2v) is 16.9. The number of rotatable bonds is 4. The van der Waals surface area contributed by atoms with Crippen molar-refractivity contribution >= 4 is 54.6 Å². The van der Waals surface area contributed by atoms with Crippen LogP contribution in [0.3, 0.4) is 0 Å². The van der Waals surface area contributed by atoms with E-state index in [1.54, 1.807) is 0 Å². The van der Waals surface area contributed by atoms with Gasteiger partial charge in [-0.1, -0.05) is 120 Å². The van der Waals surface area contributed by atoms with Crippen LogP contribution >= 0.6 is 0 Å². The molecule has 0 atom stereocenters. The fraction of sp³-hybridized carbons (Fsp3) is 0.160. The van der Waals surface area contributed by atoms with Gasteiger partial charge in [-0.2, -0.15) is 0 Å². The van der Waals surface area contributed by atoms with Crippen LogP contribution in [0.25, 0.3) is 88.7 Å². The number of H-pyrrole nitrogens is 1. The number of pyridine rings is 1. The lowest BCUT2D eigenvalue weighted by Crippen LogP contribution is -2.12. The molecule has 1 N–H and O–H groups in total. The maximum atomic E-state index is 5.70. The standard InChI is InChI=1S/C50H43N5/c1-49(2,3)32-15-13-16-34(28-32)54-44-30-33(50(4,5)6)29-40(47(44)53-48(54)39-20-14-19-38-35-17-7-9-21-41(35)52-46(38)39)31-24-25-37-36-18-8-10-22-42(36)55(43(37)27-31)45-23-11-12-26-51-45/h7-30,52H,1-6H3. The van der Waals surface area contributed by atoms with Crippen molar-refractivity contribution in [2.45, 2.75) is 52.4 Å². The molecule has 0 unspecified atom stereocenters. The molecular weight excluding hydrogens is 671 g/mol. The molecule has 55 heavy (non-hydrogen) atoms. The van der Waals surface area contributed by atoms with Crippen molar-refractivity contribution in [2.24, 2.45) is 0 Å². The van der Waals surface area contributed by atoms with Crippen molar-refractivity contribution in [2.75, 3.05) is 0 Å². The molecule has 268 valence electrons. The highest BCUT2D eigenvalue weighted by Gasteiger charge is 2.26. The largest absolute Gasteiger partial charge is 0.354 e. The van der Waals surface area contributed by atoms with Gasteiger partial charge in [0.05, 0.1) is 27.6 Å². The van der Waals surface area contributed by atoms with E-state index in [-0.39, 0.29) is 10.8 Å². The number of imidazole rings is 1. The Labute approximate surface area is 320 Å². The highest BCUT2D eigenvalue weighted by molar-refractivity contribution is 6.13. The van der Waals surface area contributed by atoms with Gasteiger partial charge in [-0.25, -0.2) is 9.97 Å². The quantitative estimate of drug-likeness (QED) is 0.197. The molecule has 4 heterocycles. The molecule has 0 aliphatic heterocycles. The van der Waals surface area contributed by atoms with Crippen LogP contribution in [0.1, 0.15) is 52.7 Å². The summed E-state index contributed by atoms with van der Waals surface area (Å²) in [4.78, 5) is 14.3. The summed E-state index contributed by atoms with van der Waals surface area (Å²) in [7, 11) is 0. The van der Waals surface area contributed by atoms with E-state index >= 15 is 0 Å². The number of benzene rings is 6. The molecule has 4 aromatic heterocycles. The zero-order chi connectivity index (χ0) is 37.6. The summed E-state index contributed by atoms with van der Waals surface area (Å²) in [6.45, 7) is 13.7. The Morgan fingerprint density at radius 2 is 1.24 bits per heavy atom. The van der Waals surface area contributed by atoms with E-state index in [1.165, 1.54) is 32.7 Å². The van der Waals surface area contributed by atoms with Gasteiger partial charge >= 0.3 is 0 Å². The van der Waals surface area contributed by atoms with Gasteiger partial charge in [0.25, 0.3) is 0 Å². The van der Waals surface area contributed by atoms with Crippen LogP contribution in [0.2, 0.25) is 0 Å². The first-order valence-electron chi connectivity index (χ1n) is 19.2. The maximum Gasteiger partial charge on any atom is 0.147 e. The van der Waals surface area contributed by atoms with E-state index in [4.69, 9.17) is 9.97 Å². The zero-order valence-electron chi connectivity index (χ0n) is 32.1. The lowest BCUT2D eigenvalue weighted by molar-refractivity contribution is 0.590. The molecule has 0 bridgehead atoms. The number of nitrogens with zero attached hydrogens (tertiary/aromatic N) is 4. The van der Waals surface area contributed by atoms with Crippen LogP contribution in [0.5, 0.6) is 0 Å². The van der Waals surface area contributed by atoms with Crippen LogP contribution in [-0.4, -0.2) is 24.1 Å². The van der Waals surface area contributed by atoms with Gasteiger partial charge in [0.15, 0.2) is 0 Å². The van der Waals surface area contributed by atoms with Crippen molar-refractivity contribution in [3.8, 4) is 34.0 Å². The molecule has 0 saturated heterocycles. The predicted molar refractivity (Wildman–Crippen MR) is 231 cm³/mol. The molecule has 0 aliphatic rings. The average Bonchev–Trinajstić information content (AvgIpc) is 3.87. The summed E-state index contributed by atoms with van der Waals surface area (Å²) >= 11 is 0. The molecule has 0 aliphatic carbocycles. The van der Waals surface area contributed by atoms with Crippen LogP contribution in [0, 0.1) is 0 Å². The first-order chi connectivity index (χ1) is 26.5. The SMILES string of the molecule is CC(C)(C)c1cccc(-n2c(-c3cccc4c3[nH]c3ccccc34)nc3c(-c4ccc5c6ccccc6n(-c6ccccn6)c5c4)cc(C(C)(C)C)cc32)c1. The topological polar surface area (TPSA) is 51.4 Å². The van der Waals surface area contributed by atoms with Crippen LogP contribution in [0.4, 0.5) is 0 Å². The second-order valence-electron chi connectivity index (χ2n) is 16.9. The third kappa shape index (κ3) is 5.29. The summed E-state index contributed by atoms with van der Waals surface area (Å²) in [5.74, 6) is 1.81. The molecule has 0 spiro atoms. The van der Waals surface area contributed by atoms with Gasteiger partial charge in [-0.3, -0.25) is 9.13 Å². The van der Waals surface area contributed by atoms with Crippen LogP contribution in [0.15, 0.2) is 146 Å². The zero-order valence-corrected chi connectivity index (χ0v) is 32.1. The van der Waals surface area contributed by atoms with E-state index in [0.29, 0.717) is 0 Å². The Balaban J connectivity index is 1.32. The van der Waals surface area contributed by atoms with Gasteiger partial charge in [0.1, 0.15) is 11.6 Å². The molecule has 0 amide bonds. The number of aromatic nitrogens is 5. The number of hydrogen-bond donors (Lipinski definition) is 1. The van der Waals surface area contributed by atoms with Crippen LogP contribution in [-0.2, 0) is 10.8 Å². The van der Waals surface area contributed by atoms with Gasteiger partial charge in [0, 0.05) is 50.1 Å². The number of fused-ring (bicyclic) bond motifs is 7. The van der Waals surface area contributed by atoms with E-state index in [0.717, 1.165) is 67.1 Å². The van der Waals surface area contributed by atoms with Crippen molar-refractivity contribution in [1.29, 1.82) is 0 Å². The van der Waals surface area contributed by atoms with Crippen molar-refractivity contribution in [3.63, 3.8) is 0 Å². The van der Waals surface area contributed by atoms with E-state index in [1.807, 2.05) is 12.3 Å². The summed E-state index contributed by atoms with van der Waals surface area (Å²) in [5, 5.41) is 4.81. The first-order valence-corrected chi connectivity index (χ1v) is 19.2. The fourth-order valence-electron chi connectivity index (χ4n) is 8.31. The lowest BCUT2D eigenvalue weighted by atomic mass is 9.84. The van der Waals surface area contributed by atoms with Crippen molar-refractivity contribution in [3.05, 3.63) is 157 Å². The minimum Gasteiger partial charge on any atom is -0.354 e. The fourth-order valence-corrected chi connectivity index (χ4v) is 8.31.